The fourth-order valence-electron chi connectivity index (χ4n) is 3.02. The fourth-order valence-corrected chi connectivity index (χ4v) is 3.02. The van der Waals surface area contributed by atoms with Crippen LogP contribution in [0.25, 0.3) is 0 Å². The third kappa shape index (κ3) is 12.7. The summed E-state index contributed by atoms with van der Waals surface area (Å²) in [5, 5.41) is 8.79. The predicted octanol–water partition coefficient (Wildman–Crippen LogP) is 6.38. The first kappa shape index (κ1) is 20.9. The van der Waals surface area contributed by atoms with Crippen LogP contribution in [-0.2, 0) is 4.79 Å². The molecule has 0 aromatic heterocycles. The van der Waals surface area contributed by atoms with Gasteiger partial charge in [-0.3, -0.25) is 4.79 Å². The molecule has 0 spiro atoms. The topological polar surface area (TPSA) is 37.3 Å². The summed E-state index contributed by atoms with van der Waals surface area (Å²) in [5.74, 6) is 0.0349. The molecule has 1 N–H and O–H groups in total. The second kappa shape index (κ2) is 12.5. The number of unbranched alkanes of at least 4 members (excludes halogenated alkanes) is 4. The lowest BCUT2D eigenvalue weighted by molar-refractivity contribution is -0.137. The lowest BCUT2D eigenvalue weighted by Gasteiger charge is -2.10. The summed E-state index contributed by atoms with van der Waals surface area (Å²) < 4.78 is 0. The largest absolute Gasteiger partial charge is 0.481 e. The molecule has 0 saturated heterocycles. The monoisotopic (exact) mass is 308 g/mol. The zero-order valence-electron chi connectivity index (χ0n) is 15.3. The minimum Gasteiger partial charge on any atom is -0.481 e. The van der Waals surface area contributed by atoms with E-state index >= 15 is 0 Å². The van der Waals surface area contributed by atoms with E-state index in [4.69, 9.17) is 5.11 Å². The number of allylic oxidation sites excluding steroid dienone is 4. The van der Waals surface area contributed by atoms with Gasteiger partial charge in [-0.15, -0.1) is 0 Å². The van der Waals surface area contributed by atoms with Crippen LogP contribution < -0.4 is 0 Å². The molecule has 0 aromatic rings. The van der Waals surface area contributed by atoms with Crippen LogP contribution in [0.5, 0.6) is 0 Å². The van der Waals surface area contributed by atoms with Crippen molar-refractivity contribution in [2.75, 3.05) is 0 Å². The molecular weight excluding hydrogens is 272 g/mol. The lowest BCUT2D eigenvalue weighted by atomic mass is 9.96. The van der Waals surface area contributed by atoms with Crippen LogP contribution in [-0.4, -0.2) is 11.1 Å². The van der Waals surface area contributed by atoms with Gasteiger partial charge in [0, 0.05) is 0 Å². The van der Waals surface area contributed by atoms with Gasteiger partial charge in [-0.1, -0.05) is 76.2 Å². The van der Waals surface area contributed by atoms with E-state index in [9.17, 15) is 4.79 Å². The summed E-state index contributed by atoms with van der Waals surface area (Å²) in [5.41, 5.74) is 2.68. The molecular formula is C20H36O2. The first-order chi connectivity index (χ1) is 10.3. The van der Waals surface area contributed by atoms with Crippen LogP contribution in [0.1, 0.15) is 86.0 Å². The number of carbonyl (C=O) groups is 1. The summed E-state index contributed by atoms with van der Waals surface area (Å²) >= 11 is 0. The molecule has 2 atom stereocenters. The number of carboxylic acid groups (broad SMARTS) is 1. The summed E-state index contributed by atoms with van der Waals surface area (Å²) in [6.07, 6.45) is 13.7. The van der Waals surface area contributed by atoms with Crippen molar-refractivity contribution in [2.24, 2.45) is 11.8 Å². The summed E-state index contributed by atoms with van der Waals surface area (Å²) in [6.45, 7) is 10.8. The third-order valence-electron chi connectivity index (χ3n) is 3.96. The highest BCUT2D eigenvalue weighted by atomic mass is 16.4. The Kier molecular flexibility index (Phi) is 11.9. The molecule has 0 unspecified atom stereocenters. The number of rotatable bonds is 12. The fraction of sp³-hybridized carbons (Fsp3) is 0.750. The van der Waals surface area contributed by atoms with Gasteiger partial charge in [-0.25, -0.2) is 0 Å². The van der Waals surface area contributed by atoms with Crippen LogP contribution in [0.3, 0.4) is 0 Å². The molecule has 128 valence electrons. The SMILES string of the molecule is CCCCCCC[C@H](C)/C=C(/C)C/C(C)=C/[C@@H](C)CC(=O)O. The van der Waals surface area contributed by atoms with Crippen LogP contribution in [0, 0.1) is 11.8 Å². The number of hydrogen-bond acceptors (Lipinski definition) is 1. The zero-order chi connectivity index (χ0) is 17.0. The van der Waals surface area contributed by atoms with E-state index in [1.807, 2.05) is 6.92 Å². The number of hydrogen-bond donors (Lipinski definition) is 1. The Bertz CT molecular complexity index is 366. The van der Waals surface area contributed by atoms with Crippen LogP contribution in [0.15, 0.2) is 23.3 Å². The highest BCUT2D eigenvalue weighted by Gasteiger charge is 2.06. The van der Waals surface area contributed by atoms with Gasteiger partial charge in [-0.05, 0) is 38.5 Å². The third-order valence-corrected chi connectivity index (χ3v) is 3.96. The van der Waals surface area contributed by atoms with E-state index < -0.39 is 5.97 Å². The Morgan fingerprint density at radius 3 is 2.05 bits per heavy atom. The van der Waals surface area contributed by atoms with Crippen LogP contribution >= 0.6 is 0 Å². The minimum absolute atomic E-state index is 0.112. The molecule has 0 aromatic carbocycles. The van der Waals surface area contributed by atoms with E-state index in [1.165, 1.54) is 49.7 Å². The van der Waals surface area contributed by atoms with E-state index in [1.54, 1.807) is 0 Å². The molecule has 0 aliphatic rings. The van der Waals surface area contributed by atoms with Gasteiger partial charge in [0.15, 0.2) is 0 Å². The van der Waals surface area contributed by atoms with Gasteiger partial charge in [0.1, 0.15) is 0 Å². The van der Waals surface area contributed by atoms with Crippen LogP contribution in [0.4, 0.5) is 0 Å². The van der Waals surface area contributed by atoms with Gasteiger partial charge in [-0.2, -0.15) is 0 Å². The Morgan fingerprint density at radius 2 is 1.50 bits per heavy atom. The maximum Gasteiger partial charge on any atom is 0.303 e. The first-order valence-electron chi connectivity index (χ1n) is 8.91. The number of aliphatic carboxylic acids is 1. The van der Waals surface area contributed by atoms with Crippen LogP contribution in [0.2, 0.25) is 0 Å². The molecule has 0 bridgehead atoms. The zero-order valence-corrected chi connectivity index (χ0v) is 15.3. The Hall–Kier alpha value is -1.05. The Labute approximate surface area is 137 Å². The molecule has 0 saturated carbocycles. The van der Waals surface area contributed by atoms with Gasteiger partial charge in [0.2, 0.25) is 0 Å². The average molecular weight is 309 g/mol. The maximum absolute atomic E-state index is 10.7. The van der Waals surface area contributed by atoms with Crippen molar-refractivity contribution in [2.45, 2.75) is 86.0 Å². The highest BCUT2D eigenvalue weighted by Crippen LogP contribution is 2.19. The first-order valence-corrected chi connectivity index (χ1v) is 8.91. The van der Waals surface area contributed by atoms with Crippen molar-refractivity contribution in [1.29, 1.82) is 0 Å². The predicted molar refractivity (Wildman–Crippen MR) is 96.1 cm³/mol. The van der Waals surface area contributed by atoms with E-state index in [0.29, 0.717) is 5.92 Å². The van der Waals surface area contributed by atoms with E-state index in [-0.39, 0.29) is 12.3 Å². The molecule has 0 aliphatic heterocycles. The van der Waals surface area contributed by atoms with Crippen molar-refractivity contribution in [1.82, 2.24) is 0 Å². The van der Waals surface area contributed by atoms with Gasteiger partial charge >= 0.3 is 5.97 Å². The van der Waals surface area contributed by atoms with Crippen molar-refractivity contribution < 1.29 is 9.90 Å². The Morgan fingerprint density at radius 1 is 0.955 bits per heavy atom. The van der Waals surface area contributed by atoms with Crippen molar-refractivity contribution in [3.63, 3.8) is 0 Å². The summed E-state index contributed by atoms with van der Waals surface area (Å²) in [7, 11) is 0. The Balaban J connectivity index is 4.13. The molecule has 0 radical (unpaired) electrons. The molecule has 0 heterocycles. The molecule has 2 nitrogen and oxygen atoms in total. The highest BCUT2D eigenvalue weighted by molar-refractivity contribution is 5.67. The molecule has 2 heteroatoms. The van der Waals surface area contributed by atoms with Gasteiger partial charge in [0.25, 0.3) is 0 Å². The quantitative estimate of drug-likeness (QED) is 0.335. The lowest BCUT2D eigenvalue weighted by Crippen LogP contribution is -2.02. The van der Waals surface area contributed by atoms with Gasteiger partial charge < -0.3 is 5.11 Å². The molecule has 0 fully saturated rings. The smallest absolute Gasteiger partial charge is 0.303 e. The normalized spacial score (nSPS) is 15.7. The minimum atomic E-state index is -0.722. The van der Waals surface area contributed by atoms with E-state index in [0.717, 1.165) is 6.42 Å². The molecule has 22 heavy (non-hydrogen) atoms. The molecule has 0 aliphatic carbocycles. The second-order valence-corrected chi connectivity index (χ2v) is 6.96. The van der Waals surface area contributed by atoms with Crippen molar-refractivity contribution in [3.05, 3.63) is 23.3 Å². The maximum atomic E-state index is 10.7. The van der Waals surface area contributed by atoms with Gasteiger partial charge in [0.05, 0.1) is 6.42 Å². The number of carboxylic acids is 1. The standard InChI is InChI=1S/C20H36O2/c1-6-7-8-9-10-11-16(2)12-17(3)13-18(4)14-19(5)15-20(21)22/h12,14,16,19H,6-11,13,15H2,1-5H3,(H,21,22)/b17-12-,18-14+/t16-,19+/m0/s1. The second-order valence-electron chi connectivity index (χ2n) is 6.96. The van der Waals surface area contributed by atoms with E-state index in [2.05, 4.69) is 39.8 Å². The molecule has 0 rings (SSSR count). The van der Waals surface area contributed by atoms with Crippen molar-refractivity contribution >= 4 is 5.97 Å². The summed E-state index contributed by atoms with van der Waals surface area (Å²) in [4.78, 5) is 10.7. The van der Waals surface area contributed by atoms with Crippen molar-refractivity contribution in [3.8, 4) is 0 Å². The molecule has 0 amide bonds. The summed E-state index contributed by atoms with van der Waals surface area (Å²) in [6, 6.07) is 0. The average Bonchev–Trinajstić information content (AvgIpc) is 2.36.